The fourth-order valence-corrected chi connectivity index (χ4v) is 3.87. The molecule has 41 heavy (non-hydrogen) atoms. The van der Waals surface area contributed by atoms with Crippen LogP contribution in [0.15, 0.2) is 48.9 Å². The molecule has 5 rings (SSSR count). The molecule has 0 bridgehead atoms. The summed E-state index contributed by atoms with van der Waals surface area (Å²) in [7, 11) is 2.96. The van der Waals surface area contributed by atoms with Crippen molar-refractivity contribution in [3.63, 3.8) is 0 Å². The zero-order chi connectivity index (χ0) is 29.0. The first-order valence-corrected chi connectivity index (χ1v) is 12.4. The summed E-state index contributed by atoms with van der Waals surface area (Å²) in [6.45, 7) is 0.609. The molecule has 1 aromatic carbocycles. The highest BCUT2D eigenvalue weighted by Gasteiger charge is 2.56. The Morgan fingerprint density at radius 3 is 2.29 bits per heavy atom. The molecule has 0 unspecified atom stereocenters. The number of pyridine rings is 2. The van der Waals surface area contributed by atoms with Gasteiger partial charge in [-0.3, -0.25) is 9.59 Å². The molecule has 1 aliphatic rings. The van der Waals surface area contributed by atoms with Gasteiger partial charge in [-0.15, -0.1) is 0 Å². The summed E-state index contributed by atoms with van der Waals surface area (Å²) in [5, 5.41) is 5.14. The third-order valence-electron chi connectivity index (χ3n) is 6.23. The summed E-state index contributed by atoms with van der Waals surface area (Å²) < 4.78 is 49.6. The number of ether oxygens (including phenoxy) is 4. The van der Waals surface area contributed by atoms with E-state index in [1.54, 1.807) is 13.2 Å². The van der Waals surface area contributed by atoms with Crippen molar-refractivity contribution in [3.05, 3.63) is 60.6 Å². The Morgan fingerprint density at radius 2 is 1.63 bits per heavy atom. The number of nitrogens with zero attached hydrogens (tertiary/aromatic N) is 4. The Labute approximate surface area is 232 Å². The van der Waals surface area contributed by atoms with Gasteiger partial charge in [-0.1, -0.05) is 0 Å². The molecule has 0 spiro atoms. The lowest BCUT2D eigenvalue weighted by Crippen LogP contribution is -2.35. The number of benzene rings is 1. The first-order chi connectivity index (χ1) is 19.8. The van der Waals surface area contributed by atoms with Crippen LogP contribution in [0.25, 0.3) is 11.0 Å². The molecule has 0 saturated heterocycles. The number of hydrogen-bond acceptors (Lipinski definition) is 10. The molecular formula is C27H24F2N6O6. The normalized spacial score (nSPS) is 13.4. The highest BCUT2D eigenvalue weighted by atomic mass is 19.1. The third kappa shape index (κ3) is 5.96. The van der Waals surface area contributed by atoms with Gasteiger partial charge in [0.05, 0.1) is 25.6 Å². The van der Waals surface area contributed by atoms with Gasteiger partial charge in [0.1, 0.15) is 29.7 Å². The SMILES string of the molecule is COCCOc1cc2ncnc(Oc3ncc(NC(=O)C4(C(=O)Nc5ccc(F)cc5)CC4)cc3F)c2nc1OC. The van der Waals surface area contributed by atoms with Gasteiger partial charge in [0.2, 0.25) is 11.8 Å². The number of amides is 2. The fraction of sp³-hybridized carbons (Fsp3) is 0.259. The molecule has 212 valence electrons. The highest BCUT2D eigenvalue weighted by molar-refractivity contribution is 6.16. The Morgan fingerprint density at radius 1 is 0.902 bits per heavy atom. The van der Waals surface area contributed by atoms with Crippen LogP contribution in [0.3, 0.4) is 0 Å². The van der Waals surface area contributed by atoms with E-state index in [1.807, 2.05) is 0 Å². The van der Waals surface area contributed by atoms with Crippen LogP contribution in [0.5, 0.6) is 23.4 Å². The van der Waals surface area contributed by atoms with Crippen LogP contribution in [0, 0.1) is 17.0 Å². The average molecular weight is 567 g/mol. The lowest BCUT2D eigenvalue weighted by molar-refractivity contribution is -0.131. The second kappa shape index (κ2) is 11.6. The molecular weight excluding hydrogens is 542 g/mol. The van der Waals surface area contributed by atoms with E-state index in [0.717, 1.165) is 6.07 Å². The maximum atomic E-state index is 15.0. The van der Waals surface area contributed by atoms with E-state index in [0.29, 0.717) is 36.4 Å². The number of methoxy groups -OCH3 is 2. The van der Waals surface area contributed by atoms with Crippen molar-refractivity contribution in [2.45, 2.75) is 12.8 Å². The topological polar surface area (TPSA) is 147 Å². The van der Waals surface area contributed by atoms with E-state index >= 15 is 0 Å². The Bertz CT molecular complexity index is 1600. The number of carbonyl (C=O) groups is 2. The van der Waals surface area contributed by atoms with Crippen LogP contribution in [-0.4, -0.2) is 59.2 Å². The summed E-state index contributed by atoms with van der Waals surface area (Å²) in [6, 6.07) is 7.75. The zero-order valence-electron chi connectivity index (χ0n) is 21.9. The zero-order valence-corrected chi connectivity index (χ0v) is 21.9. The number of hydrogen-bond donors (Lipinski definition) is 2. The lowest BCUT2D eigenvalue weighted by atomic mass is 10.0. The number of rotatable bonds is 11. The summed E-state index contributed by atoms with van der Waals surface area (Å²) in [4.78, 5) is 42.2. The van der Waals surface area contributed by atoms with E-state index in [9.17, 15) is 18.4 Å². The smallest absolute Gasteiger partial charge is 0.257 e. The molecule has 0 atom stereocenters. The van der Waals surface area contributed by atoms with Gasteiger partial charge >= 0.3 is 0 Å². The molecule has 3 heterocycles. The van der Waals surface area contributed by atoms with Crippen molar-refractivity contribution in [1.29, 1.82) is 0 Å². The van der Waals surface area contributed by atoms with E-state index in [4.69, 9.17) is 18.9 Å². The fourth-order valence-electron chi connectivity index (χ4n) is 3.87. The number of fused-ring (bicyclic) bond motifs is 1. The van der Waals surface area contributed by atoms with Gasteiger partial charge in [0.15, 0.2) is 17.1 Å². The molecule has 4 aromatic rings. The second-order valence-electron chi connectivity index (χ2n) is 8.99. The molecule has 2 N–H and O–H groups in total. The van der Waals surface area contributed by atoms with Crippen molar-refractivity contribution < 1.29 is 37.3 Å². The van der Waals surface area contributed by atoms with E-state index in [1.165, 1.54) is 43.9 Å². The standard InChI is InChI=1S/C27H24F2N6O6/c1-38-9-10-40-20-12-19-21(35-23(20)39-2)24(32-14-31-19)41-22-18(29)11-17(13-30-22)34-26(37)27(7-8-27)25(36)33-16-5-3-15(28)4-6-16/h3-6,11-14H,7-10H2,1-2H3,(H,33,36)(H,34,37). The van der Waals surface area contributed by atoms with Crippen LogP contribution in [-0.2, 0) is 14.3 Å². The molecule has 14 heteroatoms. The van der Waals surface area contributed by atoms with Gasteiger partial charge in [-0.05, 0) is 37.1 Å². The first kappa shape index (κ1) is 27.6. The van der Waals surface area contributed by atoms with Crippen LogP contribution >= 0.6 is 0 Å². The lowest BCUT2D eigenvalue weighted by Gasteiger charge is -2.16. The Hall–Kier alpha value is -4.98. The molecule has 1 saturated carbocycles. The molecule has 0 aliphatic heterocycles. The average Bonchev–Trinajstić information content (AvgIpc) is 3.78. The van der Waals surface area contributed by atoms with E-state index < -0.39 is 34.7 Å². The van der Waals surface area contributed by atoms with Crippen LogP contribution in [0.1, 0.15) is 12.8 Å². The minimum Gasteiger partial charge on any atom is -0.485 e. The Kier molecular flexibility index (Phi) is 7.83. The number of nitrogens with one attached hydrogen (secondary N) is 2. The predicted molar refractivity (Wildman–Crippen MR) is 141 cm³/mol. The minimum absolute atomic E-state index is 0.0193. The summed E-state index contributed by atoms with van der Waals surface area (Å²) >= 11 is 0. The van der Waals surface area contributed by atoms with Gasteiger partial charge in [0, 0.05) is 24.9 Å². The summed E-state index contributed by atoms with van der Waals surface area (Å²) in [5.74, 6) is -2.57. The molecule has 0 radical (unpaired) electrons. The summed E-state index contributed by atoms with van der Waals surface area (Å²) in [6.07, 6.45) is 3.01. The van der Waals surface area contributed by atoms with Gasteiger partial charge < -0.3 is 29.6 Å². The van der Waals surface area contributed by atoms with E-state index in [-0.39, 0.29) is 29.6 Å². The quantitative estimate of drug-likeness (QED) is 0.203. The van der Waals surface area contributed by atoms with Gasteiger partial charge in [-0.2, -0.15) is 4.98 Å². The van der Waals surface area contributed by atoms with Crippen LogP contribution in [0.2, 0.25) is 0 Å². The number of halogens is 2. The maximum Gasteiger partial charge on any atom is 0.257 e. The van der Waals surface area contributed by atoms with Gasteiger partial charge in [0.25, 0.3) is 17.6 Å². The minimum atomic E-state index is -1.32. The largest absolute Gasteiger partial charge is 0.485 e. The third-order valence-corrected chi connectivity index (χ3v) is 6.23. The number of aromatic nitrogens is 4. The Balaban J connectivity index is 1.29. The molecule has 3 aromatic heterocycles. The van der Waals surface area contributed by atoms with Crippen molar-refractivity contribution in [3.8, 4) is 23.4 Å². The maximum absolute atomic E-state index is 15.0. The monoisotopic (exact) mass is 566 g/mol. The van der Waals surface area contributed by atoms with E-state index in [2.05, 4.69) is 30.6 Å². The molecule has 1 fully saturated rings. The number of carbonyl (C=O) groups excluding carboxylic acids is 2. The van der Waals surface area contributed by atoms with Crippen molar-refractivity contribution in [2.75, 3.05) is 38.1 Å². The predicted octanol–water partition coefficient (Wildman–Crippen LogP) is 3.88. The van der Waals surface area contributed by atoms with Gasteiger partial charge in [-0.25, -0.2) is 23.7 Å². The van der Waals surface area contributed by atoms with Crippen molar-refractivity contribution in [1.82, 2.24) is 19.9 Å². The number of anilines is 2. The highest BCUT2D eigenvalue weighted by Crippen LogP contribution is 2.47. The summed E-state index contributed by atoms with van der Waals surface area (Å²) in [5.41, 5.74) is -0.433. The van der Waals surface area contributed by atoms with Crippen LogP contribution in [0.4, 0.5) is 20.2 Å². The molecule has 2 amide bonds. The molecule has 1 aliphatic carbocycles. The first-order valence-electron chi connectivity index (χ1n) is 12.4. The van der Waals surface area contributed by atoms with Crippen LogP contribution < -0.4 is 24.8 Å². The second-order valence-corrected chi connectivity index (χ2v) is 8.99. The molecule has 12 nitrogen and oxygen atoms in total. The van der Waals surface area contributed by atoms with Crippen molar-refractivity contribution >= 4 is 34.2 Å². The van der Waals surface area contributed by atoms with Crippen molar-refractivity contribution in [2.24, 2.45) is 5.41 Å².